The second-order valence-electron chi connectivity index (χ2n) is 10.1. The standard InChI is InChI=1S/C25H30ClN3O/c1-24(2,3)14-25(4,5)15-10-11-16(17(26)12-15)22-21-20(13-27-23(21)30)28-18-8-6-7-9-19(18)29-22/h6-13,22,27-30H,14H2,1-5H3. The molecule has 0 fully saturated rings. The molecule has 1 aliphatic rings. The minimum Gasteiger partial charge on any atom is -0.494 e. The van der Waals surface area contributed by atoms with Gasteiger partial charge in [0.05, 0.1) is 28.7 Å². The van der Waals surface area contributed by atoms with Crippen LogP contribution in [0.1, 0.15) is 63.8 Å². The van der Waals surface area contributed by atoms with Crippen molar-refractivity contribution in [2.24, 2.45) is 5.41 Å². The predicted molar refractivity (Wildman–Crippen MR) is 126 cm³/mol. The summed E-state index contributed by atoms with van der Waals surface area (Å²) in [6, 6.07) is 14.1. The molecule has 30 heavy (non-hydrogen) atoms. The van der Waals surface area contributed by atoms with Crippen molar-refractivity contribution in [3.63, 3.8) is 0 Å². The average molecular weight is 424 g/mol. The molecular weight excluding hydrogens is 394 g/mol. The van der Waals surface area contributed by atoms with E-state index >= 15 is 0 Å². The number of hydrogen-bond acceptors (Lipinski definition) is 3. The Bertz CT molecular complexity index is 1080. The van der Waals surface area contributed by atoms with E-state index in [1.165, 1.54) is 5.56 Å². The molecule has 1 unspecified atom stereocenters. The number of para-hydroxylation sites is 2. The lowest BCUT2D eigenvalue weighted by molar-refractivity contribution is 0.284. The average Bonchev–Trinajstić information content (AvgIpc) is 2.91. The Kier molecular flexibility index (Phi) is 5.01. The first-order valence-corrected chi connectivity index (χ1v) is 10.8. The Hall–Kier alpha value is -2.59. The zero-order valence-electron chi connectivity index (χ0n) is 18.2. The lowest BCUT2D eigenvalue weighted by atomic mass is 9.72. The molecule has 4 rings (SSSR count). The van der Waals surface area contributed by atoms with Crippen LogP contribution >= 0.6 is 11.6 Å². The lowest BCUT2D eigenvalue weighted by Gasteiger charge is -2.33. The first-order chi connectivity index (χ1) is 14.0. The largest absolute Gasteiger partial charge is 0.494 e. The van der Waals surface area contributed by atoms with Crippen LogP contribution in [0.25, 0.3) is 0 Å². The van der Waals surface area contributed by atoms with Crippen LogP contribution in [0, 0.1) is 5.41 Å². The normalized spacial score (nSPS) is 16.1. The van der Waals surface area contributed by atoms with Crippen molar-refractivity contribution < 1.29 is 5.11 Å². The Morgan fingerprint density at radius 2 is 1.67 bits per heavy atom. The number of anilines is 3. The summed E-state index contributed by atoms with van der Waals surface area (Å²) >= 11 is 6.85. The molecule has 0 aliphatic carbocycles. The number of aromatic nitrogens is 1. The van der Waals surface area contributed by atoms with Crippen LogP contribution in [0.15, 0.2) is 48.7 Å². The van der Waals surface area contributed by atoms with Crippen molar-refractivity contribution in [3.8, 4) is 5.88 Å². The summed E-state index contributed by atoms with van der Waals surface area (Å²) in [5.41, 5.74) is 5.90. The molecule has 2 aromatic carbocycles. The van der Waals surface area contributed by atoms with E-state index in [-0.39, 0.29) is 22.8 Å². The molecular formula is C25H30ClN3O. The van der Waals surface area contributed by atoms with Gasteiger partial charge < -0.3 is 20.7 Å². The third-order valence-corrected chi connectivity index (χ3v) is 6.08. The van der Waals surface area contributed by atoms with Gasteiger partial charge in [0.2, 0.25) is 0 Å². The summed E-state index contributed by atoms with van der Waals surface area (Å²) in [4.78, 5) is 2.93. The maximum atomic E-state index is 10.6. The number of fused-ring (bicyclic) bond motifs is 2. The highest BCUT2D eigenvalue weighted by Crippen LogP contribution is 2.46. The van der Waals surface area contributed by atoms with Crippen LogP contribution in [0.2, 0.25) is 5.02 Å². The third-order valence-electron chi connectivity index (χ3n) is 5.75. The Labute approximate surface area is 183 Å². The summed E-state index contributed by atoms with van der Waals surface area (Å²) in [7, 11) is 0. The van der Waals surface area contributed by atoms with Gasteiger partial charge in [-0.3, -0.25) is 0 Å². The van der Waals surface area contributed by atoms with E-state index in [4.69, 9.17) is 11.6 Å². The molecule has 2 heterocycles. The van der Waals surface area contributed by atoms with Gasteiger partial charge in [-0.1, -0.05) is 70.5 Å². The first-order valence-electron chi connectivity index (χ1n) is 10.4. The second kappa shape index (κ2) is 7.28. The maximum Gasteiger partial charge on any atom is 0.196 e. The van der Waals surface area contributed by atoms with Gasteiger partial charge in [-0.15, -0.1) is 0 Å². The monoisotopic (exact) mass is 423 g/mol. The Morgan fingerprint density at radius 3 is 2.33 bits per heavy atom. The fourth-order valence-corrected chi connectivity index (χ4v) is 5.04. The van der Waals surface area contributed by atoms with E-state index in [0.717, 1.165) is 34.6 Å². The van der Waals surface area contributed by atoms with Gasteiger partial charge in [-0.05, 0) is 46.6 Å². The van der Waals surface area contributed by atoms with Crippen molar-refractivity contribution in [2.45, 2.75) is 52.5 Å². The van der Waals surface area contributed by atoms with Gasteiger partial charge in [0.25, 0.3) is 0 Å². The quantitative estimate of drug-likeness (QED) is 0.356. The molecule has 1 aromatic heterocycles. The molecule has 1 aliphatic heterocycles. The SMILES string of the molecule is CC(C)(C)CC(C)(C)c1ccc(C2Nc3ccccc3Nc3c[nH]c(O)c32)c(Cl)c1. The zero-order valence-corrected chi connectivity index (χ0v) is 19.0. The number of hydrogen-bond donors (Lipinski definition) is 4. The fourth-order valence-electron chi connectivity index (χ4n) is 4.75. The number of benzene rings is 2. The van der Waals surface area contributed by atoms with Crippen molar-refractivity contribution in [2.75, 3.05) is 10.6 Å². The van der Waals surface area contributed by atoms with Gasteiger partial charge in [-0.25, -0.2) is 0 Å². The van der Waals surface area contributed by atoms with E-state index in [2.05, 4.69) is 68.4 Å². The van der Waals surface area contributed by atoms with E-state index in [1.54, 1.807) is 6.20 Å². The zero-order chi connectivity index (χ0) is 21.7. The smallest absolute Gasteiger partial charge is 0.196 e. The van der Waals surface area contributed by atoms with Gasteiger partial charge in [0.1, 0.15) is 0 Å². The van der Waals surface area contributed by atoms with Gasteiger partial charge in [-0.2, -0.15) is 0 Å². The van der Waals surface area contributed by atoms with Crippen LogP contribution in [0.5, 0.6) is 5.88 Å². The van der Waals surface area contributed by atoms with Crippen LogP contribution < -0.4 is 10.6 Å². The van der Waals surface area contributed by atoms with E-state index < -0.39 is 0 Å². The molecule has 158 valence electrons. The molecule has 3 aromatic rings. The van der Waals surface area contributed by atoms with Crippen LogP contribution in [-0.4, -0.2) is 10.1 Å². The minimum atomic E-state index is -0.283. The van der Waals surface area contributed by atoms with Crippen molar-refractivity contribution in [3.05, 3.63) is 70.4 Å². The summed E-state index contributed by atoms with van der Waals surface area (Å²) in [6.07, 6.45) is 2.84. The maximum absolute atomic E-state index is 10.6. The summed E-state index contributed by atoms with van der Waals surface area (Å²) in [5, 5.41) is 18.2. The Morgan fingerprint density at radius 1 is 0.967 bits per heavy atom. The molecule has 0 bridgehead atoms. The minimum absolute atomic E-state index is 0.00679. The van der Waals surface area contributed by atoms with E-state index in [1.807, 2.05) is 24.3 Å². The lowest BCUT2D eigenvalue weighted by Crippen LogP contribution is -2.25. The van der Waals surface area contributed by atoms with E-state index in [9.17, 15) is 5.11 Å². The molecule has 1 atom stereocenters. The van der Waals surface area contributed by atoms with E-state index in [0.29, 0.717) is 5.02 Å². The highest BCUT2D eigenvalue weighted by Gasteiger charge is 2.31. The van der Waals surface area contributed by atoms with Gasteiger partial charge in [0.15, 0.2) is 5.88 Å². The predicted octanol–water partition coefficient (Wildman–Crippen LogP) is 7.35. The molecule has 0 saturated carbocycles. The summed E-state index contributed by atoms with van der Waals surface area (Å²) in [6.45, 7) is 11.3. The number of H-pyrrole nitrogens is 1. The number of rotatable bonds is 3. The van der Waals surface area contributed by atoms with Crippen LogP contribution in [-0.2, 0) is 5.41 Å². The van der Waals surface area contributed by atoms with Crippen LogP contribution in [0.3, 0.4) is 0 Å². The number of aromatic amines is 1. The molecule has 4 N–H and O–H groups in total. The molecule has 5 heteroatoms. The number of nitrogens with one attached hydrogen (secondary N) is 3. The van der Waals surface area contributed by atoms with Gasteiger partial charge in [0, 0.05) is 11.2 Å². The second-order valence-corrected chi connectivity index (χ2v) is 10.5. The van der Waals surface area contributed by atoms with Crippen LogP contribution in [0.4, 0.5) is 17.1 Å². The molecule has 0 radical (unpaired) electrons. The molecule has 0 saturated heterocycles. The highest BCUT2D eigenvalue weighted by molar-refractivity contribution is 6.31. The Balaban J connectivity index is 1.77. The van der Waals surface area contributed by atoms with Crippen molar-refractivity contribution in [1.29, 1.82) is 0 Å². The fraction of sp³-hybridized carbons (Fsp3) is 0.360. The van der Waals surface area contributed by atoms with Gasteiger partial charge >= 0.3 is 0 Å². The number of halogens is 1. The molecule has 4 nitrogen and oxygen atoms in total. The van der Waals surface area contributed by atoms with Crippen molar-refractivity contribution >= 4 is 28.7 Å². The van der Waals surface area contributed by atoms with Crippen molar-refractivity contribution in [1.82, 2.24) is 4.98 Å². The third kappa shape index (κ3) is 3.89. The number of aromatic hydroxyl groups is 1. The molecule has 0 spiro atoms. The molecule has 0 amide bonds. The summed E-state index contributed by atoms with van der Waals surface area (Å²) < 4.78 is 0. The summed E-state index contributed by atoms with van der Waals surface area (Å²) in [5.74, 6) is 0.135. The topological polar surface area (TPSA) is 60.1 Å². The first kappa shape index (κ1) is 20.7. The highest BCUT2D eigenvalue weighted by atomic mass is 35.5.